The lowest BCUT2D eigenvalue weighted by Crippen LogP contribution is -2.33. The third-order valence-electron chi connectivity index (χ3n) is 4.48. The number of hydrogen-bond donors (Lipinski definition) is 0. The average molecular weight is 386 g/mol. The summed E-state index contributed by atoms with van der Waals surface area (Å²) in [6.07, 6.45) is 1.71. The smallest absolute Gasteiger partial charge is 0.282 e. The summed E-state index contributed by atoms with van der Waals surface area (Å²) < 4.78 is 20.0. The SMILES string of the molecule is CCOc1ccc(N2C(=O)/C(=C\c3ccccc3)N=C2c2ccccc2F)cc1. The van der Waals surface area contributed by atoms with Gasteiger partial charge in [-0.05, 0) is 55.0 Å². The normalized spacial score (nSPS) is 15.0. The predicted molar refractivity (Wildman–Crippen MR) is 112 cm³/mol. The van der Waals surface area contributed by atoms with E-state index in [1.54, 1.807) is 48.5 Å². The van der Waals surface area contributed by atoms with E-state index in [0.29, 0.717) is 18.0 Å². The van der Waals surface area contributed by atoms with Crippen molar-refractivity contribution in [2.24, 2.45) is 4.99 Å². The molecule has 1 heterocycles. The zero-order valence-corrected chi connectivity index (χ0v) is 15.9. The van der Waals surface area contributed by atoms with Crippen molar-refractivity contribution in [1.82, 2.24) is 0 Å². The van der Waals surface area contributed by atoms with Crippen molar-refractivity contribution in [2.45, 2.75) is 6.92 Å². The lowest BCUT2D eigenvalue weighted by molar-refractivity contribution is -0.113. The highest BCUT2D eigenvalue weighted by molar-refractivity contribution is 6.33. The van der Waals surface area contributed by atoms with Crippen LogP contribution in [0.25, 0.3) is 6.08 Å². The Labute approximate surface area is 168 Å². The van der Waals surface area contributed by atoms with Gasteiger partial charge in [0, 0.05) is 0 Å². The van der Waals surface area contributed by atoms with Gasteiger partial charge < -0.3 is 4.74 Å². The lowest BCUT2D eigenvalue weighted by Gasteiger charge is -2.19. The van der Waals surface area contributed by atoms with Crippen LogP contribution in [0.5, 0.6) is 5.75 Å². The molecule has 0 N–H and O–H groups in total. The molecule has 3 aromatic rings. The van der Waals surface area contributed by atoms with Gasteiger partial charge in [-0.2, -0.15) is 0 Å². The van der Waals surface area contributed by atoms with Crippen LogP contribution in [0.2, 0.25) is 0 Å². The maximum absolute atomic E-state index is 14.5. The molecule has 5 heteroatoms. The first-order chi connectivity index (χ1) is 14.2. The fraction of sp³-hybridized carbons (Fsp3) is 0.0833. The van der Waals surface area contributed by atoms with E-state index in [0.717, 1.165) is 5.56 Å². The molecule has 0 aliphatic carbocycles. The van der Waals surface area contributed by atoms with Crippen LogP contribution in [-0.2, 0) is 4.79 Å². The van der Waals surface area contributed by atoms with Crippen LogP contribution >= 0.6 is 0 Å². The quantitative estimate of drug-likeness (QED) is 0.575. The van der Waals surface area contributed by atoms with E-state index < -0.39 is 5.82 Å². The number of aliphatic imine (C=N–C) groups is 1. The van der Waals surface area contributed by atoms with Crippen LogP contribution in [0.4, 0.5) is 10.1 Å². The topological polar surface area (TPSA) is 41.9 Å². The summed E-state index contributed by atoms with van der Waals surface area (Å²) in [7, 11) is 0. The summed E-state index contributed by atoms with van der Waals surface area (Å²) in [5, 5.41) is 0. The van der Waals surface area contributed by atoms with Gasteiger partial charge in [-0.15, -0.1) is 0 Å². The van der Waals surface area contributed by atoms with Gasteiger partial charge in [0.05, 0.1) is 17.9 Å². The van der Waals surface area contributed by atoms with E-state index in [2.05, 4.69) is 4.99 Å². The van der Waals surface area contributed by atoms with E-state index in [-0.39, 0.29) is 23.0 Å². The summed E-state index contributed by atoms with van der Waals surface area (Å²) in [5.74, 6) is 0.221. The summed E-state index contributed by atoms with van der Waals surface area (Å²) in [4.78, 5) is 19.1. The number of ether oxygens (including phenoxy) is 1. The Balaban J connectivity index is 1.80. The molecule has 4 nitrogen and oxygen atoms in total. The van der Waals surface area contributed by atoms with E-state index in [1.165, 1.54) is 11.0 Å². The molecule has 144 valence electrons. The van der Waals surface area contributed by atoms with Crippen LogP contribution in [0.15, 0.2) is 89.6 Å². The van der Waals surface area contributed by atoms with E-state index in [4.69, 9.17) is 4.74 Å². The molecular weight excluding hydrogens is 367 g/mol. The van der Waals surface area contributed by atoms with Crippen molar-refractivity contribution < 1.29 is 13.9 Å². The number of nitrogens with zero attached hydrogens (tertiary/aromatic N) is 2. The van der Waals surface area contributed by atoms with Gasteiger partial charge in [0.25, 0.3) is 5.91 Å². The summed E-state index contributed by atoms with van der Waals surface area (Å²) >= 11 is 0. The van der Waals surface area contributed by atoms with Gasteiger partial charge in [-0.25, -0.2) is 9.38 Å². The fourth-order valence-electron chi connectivity index (χ4n) is 3.14. The molecule has 1 amide bonds. The monoisotopic (exact) mass is 386 g/mol. The number of carbonyl (C=O) groups excluding carboxylic acids is 1. The fourth-order valence-corrected chi connectivity index (χ4v) is 3.14. The van der Waals surface area contributed by atoms with Crippen LogP contribution in [0.1, 0.15) is 18.1 Å². The first-order valence-corrected chi connectivity index (χ1v) is 9.35. The Kier molecular flexibility index (Phi) is 5.20. The molecule has 1 aliphatic heterocycles. The second kappa shape index (κ2) is 8.10. The zero-order chi connectivity index (χ0) is 20.2. The molecule has 1 aliphatic rings. The van der Waals surface area contributed by atoms with Crippen molar-refractivity contribution >= 4 is 23.5 Å². The molecule has 0 saturated heterocycles. The molecule has 0 unspecified atom stereocenters. The van der Waals surface area contributed by atoms with E-state index in [1.807, 2.05) is 37.3 Å². The minimum atomic E-state index is -0.434. The van der Waals surface area contributed by atoms with Gasteiger partial charge in [0.2, 0.25) is 0 Å². The molecule has 0 saturated carbocycles. The van der Waals surface area contributed by atoms with Gasteiger partial charge in [-0.3, -0.25) is 9.69 Å². The summed E-state index contributed by atoms with van der Waals surface area (Å²) in [5.41, 5.74) is 1.97. The third kappa shape index (κ3) is 3.80. The van der Waals surface area contributed by atoms with Crippen molar-refractivity contribution in [3.63, 3.8) is 0 Å². The van der Waals surface area contributed by atoms with E-state index >= 15 is 0 Å². The van der Waals surface area contributed by atoms with Crippen molar-refractivity contribution in [1.29, 1.82) is 0 Å². The predicted octanol–water partition coefficient (Wildman–Crippen LogP) is 5.06. The molecule has 0 atom stereocenters. The van der Waals surface area contributed by atoms with E-state index in [9.17, 15) is 9.18 Å². The maximum Gasteiger partial charge on any atom is 0.282 e. The molecule has 3 aromatic carbocycles. The second-order valence-electron chi connectivity index (χ2n) is 6.42. The average Bonchev–Trinajstić information content (AvgIpc) is 3.06. The van der Waals surface area contributed by atoms with Crippen molar-refractivity contribution in [2.75, 3.05) is 11.5 Å². The molecular formula is C24H19FN2O2. The highest BCUT2D eigenvalue weighted by atomic mass is 19.1. The number of benzene rings is 3. The van der Waals surface area contributed by atoms with Crippen molar-refractivity contribution in [3.05, 3.63) is 102 Å². The second-order valence-corrected chi connectivity index (χ2v) is 6.42. The van der Waals surface area contributed by atoms with Crippen molar-refractivity contribution in [3.8, 4) is 5.75 Å². The van der Waals surface area contributed by atoms with Crippen LogP contribution in [0.3, 0.4) is 0 Å². The molecule has 0 radical (unpaired) electrons. The number of amidine groups is 1. The van der Waals surface area contributed by atoms with Gasteiger partial charge in [0.1, 0.15) is 17.3 Å². The minimum Gasteiger partial charge on any atom is -0.494 e. The number of halogens is 1. The Bertz CT molecular complexity index is 1090. The third-order valence-corrected chi connectivity index (χ3v) is 4.48. The Hall–Kier alpha value is -3.73. The first-order valence-electron chi connectivity index (χ1n) is 9.35. The highest BCUT2D eigenvalue weighted by Crippen LogP contribution is 2.30. The van der Waals surface area contributed by atoms with Gasteiger partial charge in [-0.1, -0.05) is 42.5 Å². The van der Waals surface area contributed by atoms with Crippen LogP contribution in [0, 0.1) is 5.82 Å². The molecule has 0 aromatic heterocycles. The first kappa shape index (κ1) is 18.6. The van der Waals surface area contributed by atoms with Gasteiger partial charge >= 0.3 is 0 Å². The zero-order valence-electron chi connectivity index (χ0n) is 15.9. The molecule has 0 spiro atoms. The van der Waals surface area contributed by atoms with Crippen LogP contribution in [-0.4, -0.2) is 18.3 Å². The van der Waals surface area contributed by atoms with Gasteiger partial charge in [0.15, 0.2) is 5.84 Å². The molecule has 29 heavy (non-hydrogen) atoms. The standard InChI is InChI=1S/C24H19FN2O2/c1-2-29-19-14-12-18(13-15-19)27-23(20-10-6-7-11-21(20)25)26-22(24(27)28)16-17-8-4-3-5-9-17/h3-16H,2H2,1H3/b22-16+. The maximum atomic E-state index is 14.5. The Morgan fingerprint density at radius 1 is 0.966 bits per heavy atom. The minimum absolute atomic E-state index is 0.253. The highest BCUT2D eigenvalue weighted by Gasteiger charge is 2.33. The van der Waals surface area contributed by atoms with Crippen LogP contribution < -0.4 is 9.64 Å². The number of rotatable bonds is 5. The molecule has 4 rings (SSSR count). The summed E-state index contributed by atoms with van der Waals surface area (Å²) in [6.45, 7) is 2.45. The summed E-state index contributed by atoms with van der Waals surface area (Å²) in [6, 6.07) is 22.9. The largest absolute Gasteiger partial charge is 0.494 e. The Morgan fingerprint density at radius 2 is 1.66 bits per heavy atom. The number of hydrogen-bond acceptors (Lipinski definition) is 3. The lowest BCUT2D eigenvalue weighted by atomic mass is 10.1. The number of carbonyl (C=O) groups is 1. The molecule has 0 bridgehead atoms. The number of amides is 1. The number of anilines is 1. The molecule has 0 fully saturated rings. The Morgan fingerprint density at radius 3 is 2.34 bits per heavy atom.